The molecule has 2 bridgehead atoms. The average Bonchev–Trinajstić information content (AvgIpc) is 3.59. The van der Waals surface area contributed by atoms with Crippen LogP contribution in [0.3, 0.4) is 0 Å². The Bertz CT molecular complexity index is 2500. The van der Waals surface area contributed by atoms with E-state index in [1.54, 1.807) is 0 Å². The first-order chi connectivity index (χ1) is 27.2. The molecule has 0 N–H and O–H groups in total. The van der Waals surface area contributed by atoms with Gasteiger partial charge in [0.2, 0.25) is 5.71 Å². The number of hydrogen-bond donors (Lipinski definition) is 0. The van der Waals surface area contributed by atoms with Gasteiger partial charge in [-0.25, -0.2) is 4.98 Å². The molecule has 1 radical (unpaired) electrons. The number of pyridine rings is 3. The Labute approximate surface area is 352 Å². The number of aromatic nitrogens is 3. The Morgan fingerprint density at radius 3 is 2.27 bits per heavy atom. The standard InChI is InChI=1S/C31H27N2O.C19H26GeN.Ir/c1-2-4-23(5-3-1)28-12-11-26-27-19-24(10-13-30(27)34-31(26)33-28)29-18-21(14-15-32-29)17-25-16-20-6-8-22(25)9-7-20;1-19(2,3)13-16-12-18(15-10-8-7-9-11-15)21-14-17(16)20(4,5)6;/h1-5,11-15,18-20,22,25H,6-9,16-17H2;7-10,12,14H,13H2,1-6H3;/q2*-1;/i;13D2;. The van der Waals surface area contributed by atoms with E-state index >= 15 is 0 Å². The van der Waals surface area contributed by atoms with Gasteiger partial charge in [0.05, 0.1) is 11.3 Å². The summed E-state index contributed by atoms with van der Waals surface area (Å²) < 4.78 is 24.8. The molecule has 6 heteroatoms. The number of rotatable bonds is 7. The summed E-state index contributed by atoms with van der Waals surface area (Å²) in [7, 11) is 0. The third-order valence-electron chi connectivity index (χ3n) is 11.3. The van der Waals surface area contributed by atoms with Crippen molar-refractivity contribution in [3.8, 4) is 33.8 Å². The van der Waals surface area contributed by atoms with Crippen molar-refractivity contribution in [2.45, 2.75) is 82.9 Å². The zero-order chi connectivity index (χ0) is 40.0. The van der Waals surface area contributed by atoms with Crippen LogP contribution < -0.4 is 4.40 Å². The van der Waals surface area contributed by atoms with Crippen LogP contribution >= 0.6 is 0 Å². The van der Waals surface area contributed by atoms with Crippen LogP contribution in [0, 0.1) is 35.3 Å². The van der Waals surface area contributed by atoms with Crippen LogP contribution in [0.4, 0.5) is 0 Å². The van der Waals surface area contributed by atoms with Gasteiger partial charge < -0.3 is 9.40 Å². The molecule has 1 atom stereocenters. The Kier molecular flexibility index (Phi) is 11.4. The van der Waals surface area contributed by atoms with E-state index in [4.69, 9.17) is 17.1 Å². The second-order valence-corrected chi connectivity index (χ2v) is 28.3. The molecule has 4 nitrogen and oxygen atoms in total. The predicted octanol–water partition coefficient (Wildman–Crippen LogP) is 12.6. The smallest absolute Gasteiger partial charge is 0.216 e. The molecule has 4 aromatic heterocycles. The van der Waals surface area contributed by atoms with Crippen LogP contribution in [0.2, 0.25) is 17.3 Å². The summed E-state index contributed by atoms with van der Waals surface area (Å²) in [6.07, 6.45) is 10.8. The number of nitrogens with zero attached hydrogens (tertiary/aromatic N) is 3. The van der Waals surface area contributed by atoms with Crippen molar-refractivity contribution in [3.05, 3.63) is 133 Å². The fourth-order valence-electron chi connectivity index (χ4n) is 8.60. The summed E-state index contributed by atoms with van der Waals surface area (Å²) in [5, 5.41) is 2.09. The van der Waals surface area contributed by atoms with Gasteiger partial charge in [-0.2, -0.15) is 0 Å². The van der Waals surface area contributed by atoms with E-state index in [0.29, 0.717) is 5.71 Å². The van der Waals surface area contributed by atoms with Crippen LogP contribution in [0.25, 0.3) is 55.8 Å². The molecule has 3 aromatic carbocycles. The fraction of sp³-hybridized carbons (Fsp3) is 0.340. The van der Waals surface area contributed by atoms with Gasteiger partial charge in [-0.15, -0.1) is 23.8 Å². The molecule has 3 fully saturated rings. The monoisotopic (exact) mass is 980 g/mol. The zero-order valence-corrected chi connectivity index (χ0v) is 37.9. The molecule has 0 amide bonds. The largest absolute Gasteiger partial charge is 0.486 e. The van der Waals surface area contributed by atoms with Crippen molar-refractivity contribution in [1.82, 2.24) is 15.0 Å². The summed E-state index contributed by atoms with van der Waals surface area (Å²) >= 11 is -2.24. The Morgan fingerprint density at radius 1 is 0.804 bits per heavy atom. The maximum Gasteiger partial charge on any atom is 0.216 e. The molecule has 289 valence electrons. The van der Waals surface area contributed by atoms with Crippen LogP contribution in [0.15, 0.2) is 114 Å². The summed E-state index contributed by atoms with van der Waals surface area (Å²) in [5.74, 6) is 9.60. The van der Waals surface area contributed by atoms with E-state index in [0.717, 1.165) is 77.8 Å². The molecule has 0 saturated heterocycles. The summed E-state index contributed by atoms with van der Waals surface area (Å²) in [5.41, 5.74) is 8.91. The third kappa shape index (κ3) is 9.28. The number of fused-ring (bicyclic) bond motifs is 6. The van der Waals surface area contributed by atoms with Gasteiger partial charge in [-0.3, -0.25) is 0 Å². The summed E-state index contributed by atoms with van der Waals surface area (Å²) in [4.78, 5) is 14.1. The minimum atomic E-state index is -2.24. The molecule has 0 aliphatic heterocycles. The van der Waals surface area contributed by atoms with Crippen molar-refractivity contribution in [2.24, 2.45) is 23.2 Å². The van der Waals surface area contributed by atoms with Crippen molar-refractivity contribution >= 4 is 39.7 Å². The van der Waals surface area contributed by atoms with Gasteiger partial charge in [-0.05, 0) is 67.3 Å². The van der Waals surface area contributed by atoms with E-state index in [9.17, 15) is 0 Å². The first kappa shape index (κ1) is 37.7. The quantitative estimate of drug-likeness (QED) is 0.118. The molecule has 3 saturated carbocycles. The normalized spacial score (nSPS) is 18.8. The molecular weight excluding hydrogens is 923 g/mol. The minimum Gasteiger partial charge on any atom is -0.486 e. The Morgan fingerprint density at radius 2 is 1.57 bits per heavy atom. The van der Waals surface area contributed by atoms with E-state index < -0.39 is 25.1 Å². The summed E-state index contributed by atoms with van der Waals surface area (Å²) in [6.45, 7) is 5.88. The average molecular weight is 979 g/mol. The van der Waals surface area contributed by atoms with Crippen molar-refractivity contribution in [3.63, 3.8) is 0 Å². The third-order valence-corrected chi connectivity index (χ3v) is 15.6. The molecule has 4 heterocycles. The fourth-order valence-corrected chi connectivity index (χ4v) is 11.5. The second kappa shape index (κ2) is 16.9. The van der Waals surface area contributed by atoms with Crippen molar-refractivity contribution < 1.29 is 27.3 Å². The first-order valence-corrected chi connectivity index (χ1v) is 27.3. The molecule has 7 aromatic rings. The van der Waals surface area contributed by atoms with Crippen molar-refractivity contribution in [1.29, 1.82) is 0 Å². The predicted molar refractivity (Wildman–Crippen MR) is 231 cm³/mol. The van der Waals surface area contributed by atoms with Crippen LogP contribution in [-0.4, -0.2) is 28.2 Å². The maximum absolute atomic E-state index is 8.76. The topological polar surface area (TPSA) is 51.8 Å². The molecule has 3 aliphatic carbocycles. The van der Waals surface area contributed by atoms with Gasteiger partial charge in [0.15, 0.2) is 0 Å². The molecule has 56 heavy (non-hydrogen) atoms. The van der Waals surface area contributed by atoms with Gasteiger partial charge in [-0.1, -0.05) is 60.2 Å². The Balaban J connectivity index is 0.000000188. The van der Waals surface area contributed by atoms with Crippen LogP contribution in [0.5, 0.6) is 0 Å². The molecule has 1 unspecified atom stereocenters. The van der Waals surface area contributed by atoms with E-state index in [1.165, 1.54) is 44.1 Å². The van der Waals surface area contributed by atoms with Crippen molar-refractivity contribution in [2.75, 3.05) is 0 Å². The van der Waals surface area contributed by atoms with E-state index in [-0.39, 0.29) is 20.1 Å². The van der Waals surface area contributed by atoms with E-state index in [2.05, 4.69) is 76.8 Å². The first-order valence-electron chi connectivity index (χ1n) is 21.0. The summed E-state index contributed by atoms with van der Waals surface area (Å²) in [6, 6.07) is 39.2. The second-order valence-electron chi connectivity index (χ2n) is 17.7. The SMILES string of the molecule is [2H]C([2H])(c1cc(-c2[c-]cccc2)nc[c]1[Ge]([CH3])([CH3])[CH3])C(C)(C)C.[Ir].[c-]1cc2oc3nc(-c4ccccc4)ccc3c2cc1-c1cc(CC2CC3CCC2CC3)ccn1. The van der Waals surface area contributed by atoms with Crippen LogP contribution in [-0.2, 0) is 32.9 Å². The van der Waals surface area contributed by atoms with Gasteiger partial charge in [0.25, 0.3) is 0 Å². The number of hydrogen-bond acceptors (Lipinski definition) is 4. The molecule has 3 aliphatic rings. The van der Waals surface area contributed by atoms with Gasteiger partial charge in [0, 0.05) is 37.3 Å². The molecular formula is C50H53GeIrN3O-2. The molecule has 10 rings (SSSR count). The maximum atomic E-state index is 8.76. The Hall–Kier alpha value is -3.90. The number of furan rings is 1. The van der Waals surface area contributed by atoms with Gasteiger partial charge >= 0.3 is 135 Å². The zero-order valence-electron chi connectivity index (χ0n) is 35.5. The molecule has 0 spiro atoms. The van der Waals surface area contributed by atoms with E-state index in [1.807, 2.05) is 87.8 Å². The van der Waals surface area contributed by atoms with Crippen LogP contribution in [0.1, 0.15) is 66.7 Å². The van der Waals surface area contributed by atoms with Gasteiger partial charge in [0.1, 0.15) is 0 Å². The number of benzene rings is 3. The minimum absolute atomic E-state index is 0.